The first-order valence-corrected chi connectivity index (χ1v) is 7.49. The first-order valence-electron chi connectivity index (χ1n) is 7.49. The zero-order valence-corrected chi connectivity index (χ0v) is 12.4. The maximum Gasteiger partial charge on any atom is 0.153 e. The van der Waals surface area contributed by atoms with E-state index in [-0.39, 0.29) is 0 Å². The number of hydrogen-bond acceptors (Lipinski definition) is 2. The molecule has 0 saturated carbocycles. The van der Waals surface area contributed by atoms with Crippen molar-refractivity contribution in [1.29, 1.82) is 0 Å². The highest BCUT2D eigenvalue weighted by atomic mass is 16.5. The summed E-state index contributed by atoms with van der Waals surface area (Å²) in [4.78, 5) is 11.2. The van der Waals surface area contributed by atoms with Crippen LogP contribution in [0.4, 0.5) is 0 Å². The van der Waals surface area contributed by atoms with Crippen LogP contribution in [0.2, 0.25) is 0 Å². The quantitative estimate of drug-likeness (QED) is 0.363. The molecule has 0 saturated heterocycles. The molecule has 0 radical (unpaired) electrons. The average molecular weight is 298 g/mol. The van der Waals surface area contributed by atoms with E-state index in [0.717, 1.165) is 28.2 Å². The molecule has 0 aliphatic rings. The molecule has 0 unspecified atom stereocenters. The molecule has 0 aliphatic carbocycles. The summed E-state index contributed by atoms with van der Waals surface area (Å²) >= 11 is 0. The van der Waals surface area contributed by atoms with E-state index in [1.54, 1.807) is 6.07 Å². The van der Waals surface area contributed by atoms with Gasteiger partial charge < -0.3 is 4.74 Å². The summed E-state index contributed by atoms with van der Waals surface area (Å²) in [6, 6.07) is 25.7. The van der Waals surface area contributed by atoms with E-state index in [4.69, 9.17) is 4.74 Å². The third kappa shape index (κ3) is 2.34. The van der Waals surface area contributed by atoms with Crippen molar-refractivity contribution in [3.63, 3.8) is 0 Å². The van der Waals surface area contributed by atoms with Crippen LogP contribution in [0.3, 0.4) is 0 Å². The van der Waals surface area contributed by atoms with Crippen LogP contribution in [0.15, 0.2) is 78.9 Å². The van der Waals surface area contributed by atoms with Gasteiger partial charge in [-0.05, 0) is 34.4 Å². The van der Waals surface area contributed by atoms with Crippen molar-refractivity contribution in [3.05, 3.63) is 84.4 Å². The van der Waals surface area contributed by atoms with Gasteiger partial charge in [-0.2, -0.15) is 0 Å². The minimum absolute atomic E-state index is 0.546. The Bertz CT molecular complexity index is 1020. The number of aldehydes is 1. The number of ether oxygens (including phenoxy) is 1. The van der Waals surface area contributed by atoms with Crippen molar-refractivity contribution in [1.82, 2.24) is 0 Å². The lowest BCUT2D eigenvalue weighted by molar-refractivity contribution is 0.112. The Labute approximate surface area is 133 Å². The number of carbonyl (C=O) groups excluding carboxylic acids is 1. The summed E-state index contributed by atoms with van der Waals surface area (Å²) in [7, 11) is 0. The summed E-state index contributed by atoms with van der Waals surface area (Å²) in [6.07, 6.45) is 0.818. The number of fused-ring (bicyclic) bond motifs is 3. The fourth-order valence-corrected chi connectivity index (χ4v) is 2.89. The van der Waals surface area contributed by atoms with Crippen molar-refractivity contribution >= 4 is 27.8 Å². The molecule has 0 aliphatic heterocycles. The van der Waals surface area contributed by atoms with Crippen LogP contribution in [-0.2, 0) is 0 Å². The second-order valence-corrected chi connectivity index (χ2v) is 5.40. The summed E-state index contributed by atoms with van der Waals surface area (Å²) in [5.41, 5.74) is 0.546. The Balaban J connectivity index is 1.96. The molecule has 2 heteroatoms. The third-order valence-corrected chi connectivity index (χ3v) is 4.00. The lowest BCUT2D eigenvalue weighted by Crippen LogP contribution is -1.91. The Hall–Kier alpha value is -3.13. The van der Waals surface area contributed by atoms with Crippen LogP contribution in [0.5, 0.6) is 11.5 Å². The third-order valence-electron chi connectivity index (χ3n) is 4.00. The highest BCUT2D eigenvalue weighted by Crippen LogP contribution is 2.36. The van der Waals surface area contributed by atoms with Crippen LogP contribution >= 0.6 is 0 Å². The maximum absolute atomic E-state index is 11.2. The molecule has 4 aromatic rings. The van der Waals surface area contributed by atoms with Crippen LogP contribution in [-0.4, -0.2) is 6.29 Å². The highest BCUT2D eigenvalue weighted by molar-refractivity contribution is 6.10. The lowest BCUT2D eigenvalue weighted by atomic mass is 10.0. The molecule has 4 aromatic carbocycles. The molecule has 0 heterocycles. The fourth-order valence-electron chi connectivity index (χ4n) is 2.89. The Morgan fingerprint density at radius 1 is 0.652 bits per heavy atom. The second-order valence-electron chi connectivity index (χ2n) is 5.40. The average Bonchev–Trinajstić information content (AvgIpc) is 2.62. The van der Waals surface area contributed by atoms with Gasteiger partial charge >= 0.3 is 0 Å². The number of rotatable bonds is 3. The standard InChI is InChI=1S/C21H14O2/c22-14-16-8-2-6-12-20(16)23-21-13-15-7-1-3-9-17(15)18-10-4-5-11-19(18)21/h1-14H. The van der Waals surface area contributed by atoms with Crippen LogP contribution in [0.25, 0.3) is 21.5 Å². The van der Waals surface area contributed by atoms with Gasteiger partial charge in [0.1, 0.15) is 11.5 Å². The van der Waals surface area contributed by atoms with Gasteiger partial charge in [0.25, 0.3) is 0 Å². The van der Waals surface area contributed by atoms with Crippen LogP contribution in [0.1, 0.15) is 10.4 Å². The van der Waals surface area contributed by atoms with Gasteiger partial charge in [0.15, 0.2) is 6.29 Å². The van der Waals surface area contributed by atoms with Gasteiger partial charge in [0.2, 0.25) is 0 Å². The SMILES string of the molecule is O=Cc1ccccc1Oc1cc2ccccc2c2ccccc12. The summed E-state index contributed by atoms with van der Waals surface area (Å²) in [5, 5.41) is 4.49. The van der Waals surface area contributed by atoms with Crippen molar-refractivity contribution < 1.29 is 9.53 Å². The van der Waals surface area contributed by atoms with E-state index in [2.05, 4.69) is 18.2 Å². The minimum atomic E-state index is 0.546. The van der Waals surface area contributed by atoms with E-state index in [9.17, 15) is 4.79 Å². The summed E-state index contributed by atoms with van der Waals surface area (Å²) in [6.45, 7) is 0. The molecule has 0 atom stereocenters. The number of benzene rings is 4. The summed E-state index contributed by atoms with van der Waals surface area (Å²) < 4.78 is 6.09. The molecule has 0 aromatic heterocycles. The number of hydrogen-bond donors (Lipinski definition) is 0. The van der Waals surface area contributed by atoms with Crippen molar-refractivity contribution in [3.8, 4) is 11.5 Å². The second kappa shape index (κ2) is 5.58. The van der Waals surface area contributed by atoms with Crippen molar-refractivity contribution in [2.45, 2.75) is 0 Å². The number of para-hydroxylation sites is 1. The molecular weight excluding hydrogens is 284 g/mol. The monoisotopic (exact) mass is 298 g/mol. The molecule has 4 rings (SSSR count). The molecule has 23 heavy (non-hydrogen) atoms. The number of carbonyl (C=O) groups is 1. The largest absolute Gasteiger partial charge is 0.456 e. The predicted molar refractivity (Wildman–Crippen MR) is 93.4 cm³/mol. The topological polar surface area (TPSA) is 26.3 Å². The molecular formula is C21H14O2. The van der Waals surface area contributed by atoms with Gasteiger partial charge in [-0.15, -0.1) is 0 Å². The van der Waals surface area contributed by atoms with Crippen LogP contribution in [0, 0.1) is 0 Å². The maximum atomic E-state index is 11.2. The highest BCUT2D eigenvalue weighted by Gasteiger charge is 2.09. The van der Waals surface area contributed by atoms with E-state index in [1.165, 1.54) is 5.39 Å². The van der Waals surface area contributed by atoms with E-state index in [0.29, 0.717) is 11.3 Å². The first-order chi connectivity index (χ1) is 11.4. The fraction of sp³-hybridized carbons (Fsp3) is 0. The van der Waals surface area contributed by atoms with Gasteiger partial charge in [0.05, 0.1) is 5.56 Å². The molecule has 2 nitrogen and oxygen atoms in total. The van der Waals surface area contributed by atoms with Crippen LogP contribution < -0.4 is 4.74 Å². The molecule has 110 valence electrons. The minimum Gasteiger partial charge on any atom is -0.456 e. The first kappa shape index (κ1) is 13.5. The molecule has 0 fully saturated rings. The van der Waals surface area contributed by atoms with Crippen molar-refractivity contribution in [2.75, 3.05) is 0 Å². The van der Waals surface area contributed by atoms with E-state index >= 15 is 0 Å². The van der Waals surface area contributed by atoms with Gasteiger partial charge in [0, 0.05) is 5.39 Å². The normalized spacial score (nSPS) is 10.8. The molecule has 0 spiro atoms. The zero-order chi connectivity index (χ0) is 15.6. The van der Waals surface area contributed by atoms with Gasteiger partial charge in [-0.3, -0.25) is 4.79 Å². The lowest BCUT2D eigenvalue weighted by Gasteiger charge is -2.13. The van der Waals surface area contributed by atoms with E-state index < -0.39 is 0 Å². The van der Waals surface area contributed by atoms with Gasteiger partial charge in [-0.1, -0.05) is 60.7 Å². The Morgan fingerprint density at radius 3 is 2.13 bits per heavy atom. The smallest absolute Gasteiger partial charge is 0.153 e. The molecule has 0 bridgehead atoms. The van der Waals surface area contributed by atoms with E-state index in [1.807, 2.05) is 54.6 Å². The summed E-state index contributed by atoms with van der Waals surface area (Å²) in [5.74, 6) is 1.33. The zero-order valence-electron chi connectivity index (χ0n) is 12.4. The Kier molecular flexibility index (Phi) is 3.28. The molecule has 0 N–H and O–H groups in total. The predicted octanol–water partition coefficient (Wildman–Crippen LogP) is 5.60. The molecule has 0 amide bonds. The van der Waals surface area contributed by atoms with Gasteiger partial charge in [-0.25, -0.2) is 0 Å². The van der Waals surface area contributed by atoms with Crippen molar-refractivity contribution in [2.24, 2.45) is 0 Å². The Morgan fingerprint density at radius 2 is 1.30 bits per heavy atom.